The number of aromatic nitrogens is 4. The molecule has 0 radical (unpaired) electrons. The summed E-state index contributed by atoms with van der Waals surface area (Å²) in [5.74, 6) is -0.0327. The lowest BCUT2D eigenvalue weighted by molar-refractivity contribution is -0.127. The quantitative estimate of drug-likeness (QED) is 0.323. The van der Waals surface area contributed by atoms with Gasteiger partial charge in [-0.15, -0.1) is 5.10 Å². The van der Waals surface area contributed by atoms with Crippen molar-refractivity contribution in [2.75, 3.05) is 31.8 Å². The number of carbonyl (C=O) groups is 2. The van der Waals surface area contributed by atoms with Crippen molar-refractivity contribution in [3.05, 3.63) is 78.6 Å². The van der Waals surface area contributed by atoms with E-state index >= 15 is 0 Å². The summed E-state index contributed by atoms with van der Waals surface area (Å²) in [6.45, 7) is 2.94. The van der Waals surface area contributed by atoms with E-state index in [4.69, 9.17) is 9.47 Å². The van der Waals surface area contributed by atoms with Crippen molar-refractivity contribution < 1.29 is 19.1 Å². The number of carbonyl (C=O) groups excluding carboxylic acids is 2. The van der Waals surface area contributed by atoms with Crippen molar-refractivity contribution in [2.45, 2.75) is 19.5 Å². The van der Waals surface area contributed by atoms with E-state index in [0.717, 1.165) is 5.52 Å². The van der Waals surface area contributed by atoms with E-state index in [1.165, 1.54) is 9.58 Å². The standard InChI is InChI=1S/C26H28N6O4/c1-3-36-21-12-10-20(11-13-21)32(24(33)18-31-23-9-5-4-8-22(23)29-30-31)25(19-7-6-14-27-17-19)26(34)28-15-16-35-2/h4-14,17,25H,3,15-16,18H2,1-2H3,(H,28,34)/t25-/m1/s1. The lowest BCUT2D eigenvalue weighted by atomic mass is 10.0. The fourth-order valence-electron chi connectivity index (χ4n) is 3.87. The third-order valence-corrected chi connectivity index (χ3v) is 5.51. The Balaban J connectivity index is 1.75. The first-order valence-electron chi connectivity index (χ1n) is 11.6. The van der Waals surface area contributed by atoms with Crippen LogP contribution in [0.1, 0.15) is 18.5 Å². The van der Waals surface area contributed by atoms with Crippen molar-refractivity contribution in [1.82, 2.24) is 25.3 Å². The van der Waals surface area contributed by atoms with Gasteiger partial charge >= 0.3 is 0 Å². The van der Waals surface area contributed by atoms with Crippen molar-refractivity contribution in [1.29, 1.82) is 0 Å². The van der Waals surface area contributed by atoms with Crippen molar-refractivity contribution in [2.24, 2.45) is 0 Å². The van der Waals surface area contributed by atoms with Gasteiger partial charge in [-0.1, -0.05) is 23.4 Å². The van der Waals surface area contributed by atoms with Gasteiger partial charge in [-0.2, -0.15) is 0 Å². The van der Waals surface area contributed by atoms with Crippen LogP contribution in [-0.4, -0.2) is 58.7 Å². The molecule has 2 aromatic heterocycles. The largest absolute Gasteiger partial charge is 0.494 e. The van der Waals surface area contributed by atoms with Crippen LogP contribution < -0.4 is 15.0 Å². The molecule has 2 heterocycles. The molecular formula is C26H28N6O4. The van der Waals surface area contributed by atoms with Gasteiger partial charge in [0.25, 0.3) is 0 Å². The molecule has 4 rings (SSSR count). The Hall–Kier alpha value is -4.31. The lowest BCUT2D eigenvalue weighted by Crippen LogP contribution is -2.46. The average Bonchev–Trinajstić information content (AvgIpc) is 3.31. The number of benzene rings is 2. The number of hydrogen-bond donors (Lipinski definition) is 1. The van der Waals surface area contributed by atoms with Gasteiger partial charge in [0.05, 0.1) is 18.7 Å². The molecule has 36 heavy (non-hydrogen) atoms. The van der Waals surface area contributed by atoms with Gasteiger partial charge in [0.1, 0.15) is 23.9 Å². The molecule has 0 saturated carbocycles. The van der Waals surface area contributed by atoms with Crippen LogP contribution in [0, 0.1) is 0 Å². The van der Waals surface area contributed by atoms with Gasteiger partial charge in [-0.25, -0.2) is 4.68 Å². The molecule has 1 N–H and O–H groups in total. The highest BCUT2D eigenvalue weighted by molar-refractivity contribution is 6.01. The van der Waals surface area contributed by atoms with Gasteiger partial charge in [0.15, 0.2) is 0 Å². The fraction of sp³-hybridized carbons (Fsp3) is 0.269. The number of nitrogens with one attached hydrogen (secondary N) is 1. The number of rotatable bonds is 11. The normalized spacial score (nSPS) is 11.7. The molecule has 0 aliphatic heterocycles. The van der Waals surface area contributed by atoms with Gasteiger partial charge in [-0.05, 0) is 49.4 Å². The van der Waals surface area contributed by atoms with Crippen LogP contribution in [-0.2, 0) is 20.9 Å². The molecule has 10 nitrogen and oxygen atoms in total. The first-order valence-corrected chi connectivity index (χ1v) is 11.6. The van der Waals surface area contributed by atoms with Crippen molar-refractivity contribution in [3.8, 4) is 5.75 Å². The SMILES string of the molecule is CCOc1ccc(N(C(=O)Cn2nnc3ccccc32)[C@@H](C(=O)NCCOC)c2cccnc2)cc1. The maximum absolute atomic E-state index is 13.9. The first-order chi connectivity index (χ1) is 17.6. The van der Waals surface area contributed by atoms with E-state index < -0.39 is 6.04 Å². The summed E-state index contributed by atoms with van der Waals surface area (Å²) < 4.78 is 12.2. The highest BCUT2D eigenvalue weighted by atomic mass is 16.5. The number of methoxy groups -OCH3 is 1. The van der Waals surface area contributed by atoms with Crippen LogP contribution in [0.3, 0.4) is 0 Å². The summed E-state index contributed by atoms with van der Waals surface area (Å²) in [4.78, 5) is 33.0. The Bertz CT molecular complexity index is 1290. The van der Waals surface area contributed by atoms with Gasteiger partial charge < -0.3 is 14.8 Å². The number of amides is 2. The van der Waals surface area contributed by atoms with Gasteiger partial charge in [0.2, 0.25) is 11.8 Å². The summed E-state index contributed by atoms with van der Waals surface area (Å²) in [6, 6.07) is 17.0. The first kappa shape index (κ1) is 24.8. The minimum absolute atomic E-state index is 0.115. The molecular weight excluding hydrogens is 460 g/mol. The number of para-hydroxylation sites is 1. The third kappa shape index (κ3) is 5.66. The van der Waals surface area contributed by atoms with Crippen LogP contribution in [0.25, 0.3) is 11.0 Å². The number of anilines is 1. The predicted octanol–water partition coefficient (Wildman–Crippen LogP) is 2.76. The molecule has 2 amide bonds. The molecule has 0 aliphatic rings. The summed E-state index contributed by atoms with van der Waals surface area (Å²) >= 11 is 0. The zero-order valence-electron chi connectivity index (χ0n) is 20.2. The summed E-state index contributed by atoms with van der Waals surface area (Å²) in [5.41, 5.74) is 2.50. The number of fused-ring (bicyclic) bond motifs is 1. The van der Waals surface area contributed by atoms with Crippen LogP contribution in [0.15, 0.2) is 73.1 Å². The molecule has 10 heteroatoms. The topological polar surface area (TPSA) is 111 Å². The maximum Gasteiger partial charge on any atom is 0.249 e. The number of hydrogen-bond acceptors (Lipinski definition) is 7. The van der Waals surface area contributed by atoms with E-state index in [9.17, 15) is 9.59 Å². The minimum atomic E-state index is -0.976. The second-order valence-electron chi connectivity index (χ2n) is 7.90. The fourth-order valence-corrected chi connectivity index (χ4v) is 3.87. The lowest BCUT2D eigenvalue weighted by Gasteiger charge is -2.31. The Morgan fingerprint density at radius 2 is 1.89 bits per heavy atom. The summed E-state index contributed by atoms with van der Waals surface area (Å²) in [7, 11) is 1.56. The van der Waals surface area contributed by atoms with E-state index in [1.54, 1.807) is 55.9 Å². The molecule has 1 atom stereocenters. The number of pyridine rings is 1. The second kappa shape index (κ2) is 11.9. The molecule has 0 bridgehead atoms. The molecule has 2 aromatic carbocycles. The maximum atomic E-state index is 13.9. The van der Waals surface area contributed by atoms with Crippen LogP contribution in [0.4, 0.5) is 5.69 Å². The zero-order chi connectivity index (χ0) is 25.3. The Morgan fingerprint density at radius 3 is 2.61 bits per heavy atom. The Labute approximate surface area is 208 Å². The molecule has 0 saturated heterocycles. The third-order valence-electron chi connectivity index (χ3n) is 5.51. The highest BCUT2D eigenvalue weighted by Crippen LogP contribution is 2.30. The Kier molecular flexibility index (Phi) is 8.20. The van der Waals surface area contributed by atoms with Crippen molar-refractivity contribution in [3.63, 3.8) is 0 Å². The minimum Gasteiger partial charge on any atom is -0.494 e. The average molecular weight is 489 g/mol. The van der Waals surface area contributed by atoms with Crippen LogP contribution >= 0.6 is 0 Å². The monoisotopic (exact) mass is 488 g/mol. The predicted molar refractivity (Wildman–Crippen MR) is 134 cm³/mol. The van der Waals surface area contributed by atoms with Crippen molar-refractivity contribution >= 4 is 28.5 Å². The molecule has 4 aromatic rings. The zero-order valence-corrected chi connectivity index (χ0v) is 20.2. The molecule has 186 valence electrons. The van der Waals surface area contributed by atoms with Gasteiger partial charge in [-0.3, -0.25) is 19.5 Å². The van der Waals surface area contributed by atoms with E-state index in [-0.39, 0.29) is 18.4 Å². The van der Waals surface area contributed by atoms with E-state index in [2.05, 4.69) is 20.6 Å². The van der Waals surface area contributed by atoms with Crippen LogP contribution in [0.2, 0.25) is 0 Å². The Morgan fingerprint density at radius 1 is 1.08 bits per heavy atom. The smallest absolute Gasteiger partial charge is 0.249 e. The highest BCUT2D eigenvalue weighted by Gasteiger charge is 2.33. The van der Waals surface area contributed by atoms with Crippen LogP contribution in [0.5, 0.6) is 5.75 Å². The summed E-state index contributed by atoms with van der Waals surface area (Å²) in [5, 5.41) is 11.2. The molecule has 0 unspecified atom stereocenters. The molecule has 0 aliphatic carbocycles. The van der Waals surface area contributed by atoms with Gasteiger partial charge in [0, 0.05) is 37.3 Å². The number of nitrogens with zero attached hydrogens (tertiary/aromatic N) is 5. The van der Waals surface area contributed by atoms with E-state index in [1.807, 2.05) is 31.2 Å². The summed E-state index contributed by atoms with van der Waals surface area (Å²) in [6.07, 6.45) is 3.20. The molecule has 0 fully saturated rings. The molecule has 0 spiro atoms. The second-order valence-corrected chi connectivity index (χ2v) is 7.90. The van der Waals surface area contributed by atoms with E-state index in [0.29, 0.717) is 42.3 Å². The number of ether oxygens (including phenoxy) is 2.